The number of ether oxygens (including phenoxy) is 1. The summed E-state index contributed by atoms with van der Waals surface area (Å²) in [5.41, 5.74) is 7.25. The zero-order valence-corrected chi connectivity index (χ0v) is 17.5. The number of benzene rings is 2. The van der Waals surface area contributed by atoms with Crippen LogP contribution in [0.1, 0.15) is 48.6 Å². The second-order valence-corrected chi connectivity index (χ2v) is 7.85. The second kappa shape index (κ2) is 8.70. The van der Waals surface area contributed by atoms with Gasteiger partial charge < -0.3 is 9.84 Å². The minimum atomic E-state index is -0.738. The maximum atomic E-state index is 11.0. The van der Waals surface area contributed by atoms with Crippen LogP contribution in [0.3, 0.4) is 0 Å². The Morgan fingerprint density at radius 1 is 1.07 bits per heavy atom. The number of aliphatic carboxylic acids is 1. The Labute approximate surface area is 177 Å². The first-order valence-corrected chi connectivity index (χ1v) is 10.6. The summed E-state index contributed by atoms with van der Waals surface area (Å²) in [4.78, 5) is 15.4. The van der Waals surface area contributed by atoms with Gasteiger partial charge in [-0.1, -0.05) is 50.2 Å². The van der Waals surface area contributed by atoms with Gasteiger partial charge in [-0.3, -0.25) is 9.78 Å². The normalized spacial score (nSPS) is 17.5. The molecule has 30 heavy (non-hydrogen) atoms. The average Bonchev–Trinajstić information content (AvgIpc) is 3.59. The molecule has 0 radical (unpaired) electrons. The van der Waals surface area contributed by atoms with Gasteiger partial charge in [0.25, 0.3) is 0 Å². The maximum Gasteiger partial charge on any atom is 0.307 e. The molecule has 2 aromatic carbocycles. The van der Waals surface area contributed by atoms with E-state index in [1.54, 1.807) is 6.20 Å². The summed E-state index contributed by atoms with van der Waals surface area (Å²) in [5.74, 6) is -0.289. The number of nitrogens with zero attached hydrogens (tertiary/aromatic N) is 1. The van der Waals surface area contributed by atoms with Crippen molar-refractivity contribution in [2.75, 3.05) is 0 Å². The number of carboxylic acid groups (broad SMARTS) is 1. The first-order valence-electron chi connectivity index (χ1n) is 10.6. The lowest BCUT2D eigenvalue weighted by Gasteiger charge is -2.15. The van der Waals surface area contributed by atoms with Crippen molar-refractivity contribution < 1.29 is 14.6 Å². The summed E-state index contributed by atoms with van der Waals surface area (Å²) < 4.78 is 5.95. The molecule has 4 rings (SSSR count). The molecule has 0 unspecified atom stereocenters. The molecule has 0 amide bonds. The van der Waals surface area contributed by atoms with Crippen LogP contribution in [-0.2, 0) is 24.2 Å². The largest absolute Gasteiger partial charge is 0.487 e. The van der Waals surface area contributed by atoms with Crippen LogP contribution in [0.5, 0.6) is 5.75 Å². The Hall–Kier alpha value is -3.14. The van der Waals surface area contributed by atoms with Gasteiger partial charge in [0.2, 0.25) is 0 Å². The second-order valence-electron chi connectivity index (χ2n) is 7.85. The Balaban J connectivity index is 1.47. The van der Waals surface area contributed by atoms with Gasteiger partial charge in [0.15, 0.2) is 0 Å². The molecule has 154 valence electrons. The summed E-state index contributed by atoms with van der Waals surface area (Å²) in [6, 6.07) is 18.9. The van der Waals surface area contributed by atoms with Crippen LogP contribution < -0.4 is 4.74 Å². The fourth-order valence-corrected chi connectivity index (χ4v) is 4.09. The summed E-state index contributed by atoms with van der Waals surface area (Å²) in [5, 5.41) is 9.07. The summed E-state index contributed by atoms with van der Waals surface area (Å²) in [7, 11) is 0. The molecule has 1 aromatic heterocycles. The van der Waals surface area contributed by atoms with E-state index in [0.717, 1.165) is 24.1 Å². The van der Waals surface area contributed by atoms with Crippen LogP contribution in [0.15, 0.2) is 60.8 Å². The third-order valence-electron chi connectivity index (χ3n) is 5.87. The van der Waals surface area contributed by atoms with Gasteiger partial charge in [0, 0.05) is 11.6 Å². The number of carboxylic acids is 1. The fourth-order valence-electron chi connectivity index (χ4n) is 4.09. The first-order chi connectivity index (χ1) is 14.6. The monoisotopic (exact) mass is 401 g/mol. The van der Waals surface area contributed by atoms with E-state index >= 15 is 0 Å². The molecule has 2 atom stereocenters. The Bertz CT molecular complexity index is 1020. The highest BCUT2D eigenvalue weighted by atomic mass is 16.5. The topological polar surface area (TPSA) is 59.4 Å². The van der Waals surface area contributed by atoms with Gasteiger partial charge in [0.1, 0.15) is 12.4 Å². The molecular weight excluding hydrogens is 374 g/mol. The van der Waals surface area contributed by atoms with Crippen LogP contribution in [-0.4, -0.2) is 16.1 Å². The van der Waals surface area contributed by atoms with Crippen LogP contribution in [0, 0.1) is 5.92 Å². The van der Waals surface area contributed by atoms with E-state index in [9.17, 15) is 4.79 Å². The SMILES string of the molecule is CCc1cccc(CC)c1-c1cccc(COc2ccc([C@H]3C[C@@H]3C(=O)O)nc2)c1. The van der Waals surface area contributed by atoms with Crippen molar-refractivity contribution in [1.82, 2.24) is 4.98 Å². The molecule has 1 aliphatic carbocycles. The zero-order chi connectivity index (χ0) is 21.1. The number of carbonyl (C=O) groups is 1. The number of rotatable bonds is 8. The van der Waals surface area contributed by atoms with E-state index in [-0.39, 0.29) is 11.8 Å². The number of hydrogen-bond donors (Lipinski definition) is 1. The van der Waals surface area contributed by atoms with Gasteiger partial charge >= 0.3 is 5.97 Å². The molecule has 0 bridgehead atoms. The van der Waals surface area contributed by atoms with Crippen LogP contribution in [0.25, 0.3) is 11.1 Å². The predicted molar refractivity (Wildman–Crippen MR) is 118 cm³/mol. The van der Waals surface area contributed by atoms with E-state index in [2.05, 4.69) is 61.3 Å². The summed E-state index contributed by atoms with van der Waals surface area (Å²) >= 11 is 0. The zero-order valence-electron chi connectivity index (χ0n) is 17.5. The van der Waals surface area contributed by atoms with E-state index in [0.29, 0.717) is 18.8 Å². The van der Waals surface area contributed by atoms with Gasteiger partial charge in [0.05, 0.1) is 12.1 Å². The molecule has 1 aliphatic rings. The lowest BCUT2D eigenvalue weighted by molar-refractivity contribution is -0.138. The third kappa shape index (κ3) is 4.23. The molecule has 1 fully saturated rings. The van der Waals surface area contributed by atoms with Gasteiger partial charge in [-0.2, -0.15) is 0 Å². The van der Waals surface area contributed by atoms with Crippen molar-refractivity contribution in [3.8, 4) is 16.9 Å². The van der Waals surface area contributed by atoms with Crippen molar-refractivity contribution in [2.45, 2.75) is 45.6 Å². The molecule has 0 aliphatic heterocycles. The van der Waals surface area contributed by atoms with Gasteiger partial charge in [-0.05, 0) is 65.3 Å². The molecule has 1 saturated carbocycles. The van der Waals surface area contributed by atoms with Crippen LogP contribution >= 0.6 is 0 Å². The maximum absolute atomic E-state index is 11.0. The van der Waals surface area contributed by atoms with E-state index in [1.807, 2.05) is 12.1 Å². The average molecular weight is 402 g/mol. The van der Waals surface area contributed by atoms with Crippen molar-refractivity contribution in [3.63, 3.8) is 0 Å². The molecule has 4 heteroatoms. The van der Waals surface area contributed by atoms with Crippen LogP contribution in [0.2, 0.25) is 0 Å². The Morgan fingerprint density at radius 2 is 1.80 bits per heavy atom. The number of hydrogen-bond acceptors (Lipinski definition) is 3. The Morgan fingerprint density at radius 3 is 2.40 bits per heavy atom. The molecule has 1 heterocycles. The molecule has 3 aromatic rings. The third-order valence-corrected chi connectivity index (χ3v) is 5.87. The molecule has 0 spiro atoms. The molecule has 0 saturated heterocycles. The van der Waals surface area contributed by atoms with E-state index < -0.39 is 5.97 Å². The predicted octanol–water partition coefficient (Wildman–Crippen LogP) is 5.64. The summed E-state index contributed by atoms with van der Waals surface area (Å²) in [6.07, 6.45) is 4.38. The highest BCUT2D eigenvalue weighted by molar-refractivity contribution is 5.75. The highest BCUT2D eigenvalue weighted by Crippen LogP contribution is 2.46. The van der Waals surface area contributed by atoms with Crippen LogP contribution in [0.4, 0.5) is 0 Å². The van der Waals surface area contributed by atoms with E-state index in [4.69, 9.17) is 9.84 Å². The minimum absolute atomic E-state index is 0.0413. The van der Waals surface area contributed by atoms with Crippen molar-refractivity contribution in [2.24, 2.45) is 5.92 Å². The standard InChI is InChI=1S/C26H27NO3/c1-3-18-8-6-9-19(4-2)25(18)20-10-5-7-17(13-20)16-30-21-11-12-24(27-15-21)22-14-23(22)26(28)29/h5-13,15,22-23H,3-4,14,16H2,1-2H3,(H,28,29)/t22-,23-/m0/s1. The fraction of sp³-hybridized carbons (Fsp3) is 0.308. The molecule has 4 nitrogen and oxygen atoms in total. The lowest BCUT2D eigenvalue weighted by atomic mass is 9.91. The smallest absolute Gasteiger partial charge is 0.307 e. The molecule has 1 N–H and O–H groups in total. The van der Waals surface area contributed by atoms with Gasteiger partial charge in [-0.15, -0.1) is 0 Å². The highest BCUT2D eigenvalue weighted by Gasteiger charge is 2.45. The first kappa shape index (κ1) is 20.1. The van der Waals surface area contributed by atoms with Crippen molar-refractivity contribution >= 4 is 5.97 Å². The number of aromatic nitrogens is 1. The number of aryl methyl sites for hydroxylation is 2. The van der Waals surface area contributed by atoms with E-state index in [1.165, 1.54) is 22.3 Å². The lowest BCUT2D eigenvalue weighted by Crippen LogP contribution is -2.01. The van der Waals surface area contributed by atoms with Crippen molar-refractivity contribution in [1.29, 1.82) is 0 Å². The number of pyridine rings is 1. The quantitative estimate of drug-likeness (QED) is 0.531. The minimum Gasteiger partial charge on any atom is -0.487 e. The van der Waals surface area contributed by atoms with Gasteiger partial charge in [-0.25, -0.2) is 0 Å². The Kier molecular flexibility index (Phi) is 5.84. The molecular formula is C26H27NO3. The van der Waals surface area contributed by atoms with Crippen molar-refractivity contribution in [3.05, 3.63) is 83.2 Å². The summed E-state index contributed by atoms with van der Waals surface area (Å²) in [6.45, 7) is 4.86.